The Bertz CT molecular complexity index is 774. The Morgan fingerprint density at radius 1 is 0.966 bits per heavy atom. The largest absolute Gasteiger partial charge is 0.497 e. The molecular weight excluding hydrogens is 495 g/mol. The summed E-state index contributed by atoms with van der Waals surface area (Å²) in [7, 11) is 3.03. The fraction of sp³-hybridized carbons (Fsp3) is 0.350. The number of ether oxygens (including phenoxy) is 3. The summed E-state index contributed by atoms with van der Waals surface area (Å²) in [5, 5.41) is 6.39. The lowest BCUT2D eigenvalue weighted by molar-refractivity contribution is -0.0512. The van der Waals surface area contributed by atoms with Gasteiger partial charge < -0.3 is 24.8 Å². The molecule has 2 aromatic carbocycles. The van der Waals surface area contributed by atoms with Crippen LogP contribution in [-0.4, -0.2) is 33.3 Å². The van der Waals surface area contributed by atoms with E-state index in [4.69, 9.17) is 9.47 Å². The second kappa shape index (κ2) is 13.0. The van der Waals surface area contributed by atoms with Gasteiger partial charge in [-0.1, -0.05) is 18.2 Å². The van der Waals surface area contributed by atoms with Gasteiger partial charge in [-0.25, -0.2) is 4.99 Å². The third-order valence-corrected chi connectivity index (χ3v) is 3.83. The van der Waals surface area contributed by atoms with Gasteiger partial charge in [0.25, 0.3) is 0 Å². The van der Waals surface area contributed by atoms with Crippen molar-refractivity contribution in [3.05, 3.63) is 53.6 Å². The molecule has 9 heteroatoms. The van der Waals surface area contributed by atoms with Gasteiger partial charge in [-0.15, -0.1) is 24.0 Å². The molecule has 0 atom stereocenters. The van der Waals surface area contributed by atoms with Gasteiger partial charge in [0, 0.05) is 13.1 Å². The first-order valence-electron chi connectivity index (χ1n) is 8.82. The number of guanidine groups is 1. The van der Waals surface area contributed by atoms with Gasteiger partial charge in [0.05, 0.1) is 20.8 Å². The highest BCUT2D eigenvalue weighted by atomic mass is 127. The zero-order valence-electron chi connectivity index (χ0n) is 16.6. The van der Waals surface area contributed by atoms with Gasteiger partial charge in [0.1, 0.15) is 5.75 Å². The van der Waals surface area contributed by atoms with Gasteiger partial charge in [-0.05, 0) is 42.3 Å². The summed E-state index contributed by atoms with van der Waals surface area (Å²) in [6.45, 7) is 0.611. The zero-order valence-corrected chi connectivity index (χ0v) is 18.9. The van der Waals surface area contributed by atoms with Crippen LogP contribution in [0.4, 0.5) is 8.78 Å². The predicted octanol–water partition coefficient (Wildman–Crippen LogP) is 4.18. The Morgan fingerprint density at radius 2 is 1.66 bits per heavy atom. The number of methoxy groups -OCH3 is 2. The summed E-state index contributed by atoms with van der Waals surface area (Å²) >= 11 is 0. The van der Waals surface area contributed by atoms with Crippen LogP contribution >= 0.6 is 24.0 Å². The summed E-state index contributed by atoms with van der Waals surface area (Å²) in [6.07, 6.45) is 0. The number of benzene rings is 2. The summed E-state index contributed by atoms with van der Waals surface area (Å²) in [6, 6.07) is 12.6. The van der Waals surface area contributed by atoms with Crippen molar-refractivity contribution < 1.29 is 23.0 Å². The molecule has 0 bridgehead atoms. The van der Waals surface area contributed by atoms with Crippen LogP contribution in [0.3, 0.4) is 0 Å². The van der Waals surface area contributed by atoms with E-state index in [1.807, 2.05) is 31.2 Å². The molecule has 0 saturated heterocycles. The molecular formula is C20H26F2IN3O3. The molecule has 0 aliphatic heterocycles. The molecule has 0 heterocycles. The molecule has 2 rings (SSSR count). The lowest BCUT2D eigenvalue weighted by Crippen LogP contribution is -2.36. The van der Waals surface area contributed by atoms with Gasteiger partial charge >= 0.3 is 6.61 Å². The van der Waals surface area contributed by atoms with Gasteiger partial charge in [-0.2, -0.15) is 8.78 Å². The Balaban J connectivity index is 0.00000420. The number of nitrogens with zero attached hydrogens (tertiary/aromatic N) is 1. The Morgan fingerprint density at radius 3 is 2.24 bits per heavy atom. The number of halogens is 3. The van der Waals surface area contributed by atoms with Crippen molar-refractivity contribution in [2.75, 3.05) is 20.8 Å². The summed E-state index contributed by atoms with van der Waals surface area (Å²) < 4.78 is 39.8. The predicted molar refractivity (Wildman–Crippen MR) is 120 cm³/mol. The van der Waals surface area contributed by atoms with E-state index >= 15 is 0 Å². The van der Waals surface area contributed by atoms with Crippen LogP contribution < -0.4 is 24.8 Å². The van der Waals surface area contributed by atoms with Crippen LogP contribution in [0.2, 0.25) is 0 Å². The maximum atomic E-state index is 12.6. The van der Waals surface area contributed by atoms with Crippen molar-refractivity contribution in [1.82, 2.24) is 10.6 Å². The van der Waals surface area contributed by atoms with E-state index in [1.54, 1.807) is 19.2 Å². The average Bonchev–Trinajstić information content (AvgIpc) is 2.70. The van der Waals surface area contributed by atoms with E-state index in [0.717, 1.165) is 16.9 Å². The zero-order chi connectivity index (χ0) is 20.4. The van der Waals surface area contributed by atoms with Crippen molar-refractivity contribution in [2.24, 2.45) is 4.99 Å². The minimum Gasteiger partial charge on any atom is -0.497 e. The quantitative estimate of drug-likeness (QED) is 0.295. The van der Waals surface area contributed by atoms with E-state index < -0.39 is 6.61 Å². The van der Waals surface area contributed by atoms with E-state index in [2.05, 4.69) is 20.4 Å². The monoisotopic (exact) mass is 521 g/mol. The molecule has 0 radical (unpaired) electrons. The smallest absolute Gasteiger partial charge is 0.387 e. The van der Waals surface area contributed by atoms with Crippen LogP contribution in [0, 0.1) is 0 Å². The summed E-state index contributed by atoms with van der Waals surface area (Å²) in [4.78, 5) is 4.49. The van der Waals surface area contributed by atoms with Gasteiger partial charge in [-0.3, -0.25) is 0 Å². The molecule has 0 saturated carbocycles. The first kappa shape index (κ1) is 24.7. The Labute approximate surface area is 186 Å². The molecule has 0 aliphatic carbocycles. The molecule has 160 valence electrons. The number of hydrogen-bond donors (Lipinski definition) is 2. The van der Waals surface area contributed by atoms with Crippen molar-refractivity contribution >= 4 is 29.9 Å². The van der Waals surface area contributed by atoms with Crippen LogP contribution in [-0.2, 0) is 13.1 Å². The maximum Gasteiger partial charge on any atom is 0.387 e. The second-order valence-electron chi connectivity index (χ2n) is 5.76. The number of hydrogen-bond acceptors (Lipinski definition) is 4. The molecule has 0 fully saturated rings. The minimum absolute atomic E-state index is 0. The number of aliphatic imine (C=N–C) groups is 1. The average molecular weight is 521 g/mol. The lowest BCUT2D eigenvalue weighted by atomic mass is 10.2. The highest BCUT2D eigenvalue weighted by molar-refractivity contribution is 14.0. The molecule has 2 N–H and O–H groups in total. The van der Waals surface area contributed by atoms with Crippen LogP contribution in [0.1, 0.15) is 18.1 Å². The van der Waals surface area contributed by atoms with E-state index in [-0.39, 0.29) is 35.5 Å². The second-order valence-corrected chi connectivity index (χ2v) is 5.76. The fourth-order valence-electron chi connectivity index (χ4n) is 2.45. The summed E-state index contributed by atoms with van der Waals surface area (Å²) in [5.74, 6) is 1.65. The molecule has 6 nitrogen and oxygen atoms in total. The van der Waals surface area contributed by atoms with E-state index in [9.17, 15) is 8.78 Å². The number of rotatable bonds is 9. The van der Waals surface area contributed by atoms with Crippen molar-refractivity contribution in [3.63, 3.8) is 0 Å². The third kappa shape index (κ3) is 8.30. The molecule has 0 unspecified atom stereocenters. The minimum atomic E-state index is -2.92. The van der Waals surface area contributed by atoms with Gasteiger partial charge in [0.15, 0.2) is 17.5 Å². The topological polar surface area (TPSA) is 64.1 Å². The van der Waals surface area contributed by atoms with Crippen LogP contribution in [0.25, 0.3) is 0 Å². The fourth-order valence-corrected chi connectivity index (χ4v) is 2.45. The molecule has 0 aromatic heterocycles. The van der Waals surface area contributed by atoms with Gasteiger partial charge in [0.2, 0.25) is 0 Å². The van der Waals surface area contributed by atoms with E-state index in [1.165, 1.54) is 13.2 Å². The normalized spacial score (nSPS) is 10.9. The highest BCUT2D eigenvalue weighted by Crippen LogP contribution is 2.29. The van der Waals surface area contributed by atoms with E-state index in [0.29, 0.717) is 25.6 Å². The first-order chi connectivity index (χ1) is 13.5. The molecule has 0 amide bonds. The third-order valence-electron chi connectivity index (χ3n) is 3.83. The first-order valence-corrected chi connectivity index (χ1v) is 8.82. The van der Waals surface area contributed by atoms with Crippen molar-refractivity contribution in [3.8, 4) is 17.2 Å². The molecule has 29 heavy (non-hydrogen) atoms. The maximum absolute atomic E-state index is 12.6. The molecule has 2 aromatic rings. The standard InChI is InChI=1S/C20H25F2N3O3.HI/c1-4-23-20(24-12-14-5-8-16(26-2)9-6-14)25-13-15-7-10-17(27-3)18(11-15)28-19(21)22;/h5-11,19H,4,12-13H2,1-3H3,(H2,23,24,25);1H. The van der Waals surface area contributed by atoms with Crippen LogP contribution in [0.15, 0.2) is 47.5 Å². The summed E-state index contributed by atoms with van der Waals surface area (Å²) in [5.41, 5.74) is 1.79. The van der Waals surface area contributed by atoms with Crippen LogP contribution in [0.5, 0.6) is 17.2 Å². The van der Waals surface area contributed by atoms with Crippen molar-refractivity contribution in [1.29, 1.82) is 0 Å². The lowest BCUT2D eigenvalue weighted by Gasteiger charge is -2.13. The molecule has 0 spiro atoms. The Hall–Kier alpha value is -2.30. The number of alkyl halides is 2. The Kier molecular flexibility index (Phi) is 11.1. The number of nitrogens with one attached hydrogen (secondary N) is 2. The van der Waals surface area contributed by atoms with Crippen molar-refractivity contribution in [2.45, 2.75) is 26.6 Å². The SMILES string of the molecule is CCNC(=NCc1ccc(OC)c(OC(F)F)c1)NCc1ccc(OC)cc1.I. The molecule has 0 aliphatic rings. The highest BCUT2D eigenvalue weighted by Gasteiger charge is 2.11.